The molecule has 0 aliphatic carbocycles. The molecule has 0 spiro atoms. The van der Waals surface area contributed by atoms with Gasteiger partial charge >= 0.3 is 0 Å². The molecule has 0 saturated heterocycles. The minimum Gasteiger partial charge on any atom is -0.381 e. The molecule has 0 radical (unpaired) electrons. The van der Waals surface area contributed by atoms with E-state index in [1.165, 1.54) is 0 Å². The molecule has 132 valence electrons. The third-order valence-corrected chi connectivity index (χ3v) is 4.67. The van der Waals surface area contributed by atoms with Crippen molar-refractivity contribution in [2.45, 2.75) is 0 Å². The first kappa shape index (κ1) is 17.6. The average Bonchev–Trinajstić information content (AvgIpc) is 3.10. The lowest BCUT2D eigenvalue weighted by Gasteiger charge is -2.12. The third-order valence-electron chi connectivity index (χ3n) is 3.94. The summed E-state index contributed by atoms with van der Waals surface area (Å²) in [6.07, 6.45) is 1.65. The molecule has 2 heterocycles. The van der Waals surface area contributed by atoms with Gasteiger partial charge in [0.25, 0.3) is 0 Å². The fourth-order valence-corrected chi connectivity index (χ4v) is 3.57. The van der Waals surface area contributed by atoms with Gasteiger partial charge in [-0.15, -0.1) is 0 Å². The Bertz CT molecular complexity index is 1220. The molecule has 2 aromatic carbocycles. The first-order chi connectivity index (χ1) is 13.0. The number of nitrogens with zero attached hydrogens (tertiary/aromatic N) is 4. The summed E-state index contributed by atoms with van der Waals surface area (Å²) in [4.78, 5) is 8.78. The number of benzene rings is 2. The van der Waals surface area contributed by atoms with E-state index in [1.807, 2.05) is 12.1 Å². The molecule has 0 atom stereocenters. The zero-order chi connectivity index (χ0) is 19.1. The van der Waals surface area contributed by atoms with Gasteiger partial charge in [-0.3, -0.25) is 5.10 Å². The Kier molecular flexibility index (Phi) is 4.36. The van der Waals surface area contributed by atoms with Crippen molar-refractivity contribution in [3.63, 3.8) is 0 Å². The largest absolute Gasteiger partial charge is 0.381 e. The van der Waals surface area contributed by atoms with E-state index in [0.29, 0.717) is 43.1 Å². The third kappa shape index (κ3) is 3.17. The molecule has 0 aliphatic heterocycles. The van der Waals surface area contributed by atoms with Gasteiger partial charge in [0.1, 0.15) is 6.07 Å². The Morgan fingerprint density at radius 3 is 2.30 bits per heavy atom. The highest BCUT2D eigenvalue weighted by atomic mass is 35.5. The van der Waals surface area contributed by atoms with Crippen LogP contribution in [-0.4, -0.2) is 20.2 Å². The molecule has 27 heavy (non-hydrogen) atoms. The first-order valence-electron chi connectivity index (χ1n) is 7.63. The number of anilines is 1. The molecular weight excluding hydrogens is 407 g/mol. The van der Waals surface area contributed by atoms with Gasteiger partial charge < -0.3 is 5.73 Å². The Morgan fingerprint density at radius 2 is 1.59 bits per heavy atom. The molecule has 0 unspecified atom stereocenters. The summed E-state index contributed by atoms with van der Waals surface area (Å²) < 4.78 is 0. The number of halogens is 3. The number of rotatable bonds is 2. The second-order valence-electron chi connectivity index (χ2n) is 5.72. The summed E-state index contributed by atoms with van der Waals surface area (Å²) in [6, 6.07) is 10.5. The smallest absolute Gasteiger partial charge is 0.183 e. The van der Waals surface area contributed by atoms with Crippen LogP contribution in [0.4, 0.5) is 5.82 Å². The first-order valence-corrected chi connectivity index (χ1v) is 8.76. The van der Waals surface area contributed by atoms with Crippen molar-refractivity contribution in [2.75, 3.05) is 5.73 Å². The summed E-state index contributed by atoms with van der Waals surface area (Å²) in [6.45, 7) is 0. The maximum absolute atomic E-state index is 9.32. The number of aromatic amines is 1. The van der Waals surface area contributed by atoms with E-state index in [9.17, 15) is 5.26 Å². The summed E-state index contributed by atoms with van der Waals surface area (Å²) in [5.41, 5.74) is 8.77. The fraction of sp³-hybridized carbons (Fsp3) is 0. The Hall–Kier alpha value is -2.85. The van der Waals surface area contributed by atoms with Gasteiger partial charge in [-0.25, -0.2) is 9.97 Å². The van der Waals surface area contributed by atoms with Crippen LogP contribution in [0.1, 0.15) is 5.69 Å². The van der Waals surface area contributed by atoms with Gasteiger partial charge in [-0.2, -0.15) is 10.4 Å². The van der Waals surface area contributed by atoms with Crippen molar-refractivity contribution in [1.82, 2.24) is 20.2 Å². The van der Waals surface area contributed by atoms with E-state index in [0.717, 1.165) is 5.39 Å². The highest BCUT2D eigenvalue weighted by molar-refractivity contribution is 6.36. The lowest BCUT2D eigenvalue weighted by molar-refractivity contribution is 1.12. The van der Waals surface area contributed by atoms with E-state index >= 15 is 0 Å². The van der Waals surface area contributed by atoms with Crippen LogP contribution in [0, 0.1) is 11.3 Å². The molecule has 2 aromatic heterocycles. The Morgan fingerprint density at radius 1 is 0.926 bits per heavy atom. The molecule has 0 amide bonds. The van der Waals surface area contributed by atoms with E-state index < -0.39 is 0 Å². The van der Waals surface area contributed by atoms with E-state index in [-0.39, 0.29) is 11.5 Å². The number of fused-ring (bicyclic) bond motifs is 1. The van der Waals surface area contributed by atoms with E-state index in [1.54, 1.807) is 30.5 Å². The summed E-state index contributed by atoms with van der Waals surface area (Å²) in [7, 11) is 0. The number of aromatic nitrogens is 4. The maximum atomic E-state index is 9.32. The molecule has 4 aromatic rings. The van der Waals surface area contributed by atoms with E-state index in [4.69, 9.17) is 40.5 Å². The normalized spacial score (nSPS) is 10.9. The predicted octanol–water partition coefficient (Wildman–Crippen LogP) is 5.10. The van der Waals surface area contributed by atoms with Crippen molar-refractivity contribution in [3.05, 3.63) is 57.3 Å². The van der Waals surface area contributed by atoms with Gasteiger partial charge in [0.15, 0.2) is 11.5 Å². The monoisotopic (exact) mass is 414 g/mol. The van der Waals surface area contributed by atoms with Crippen LogP contribution in [0.15, 0.2) is 36.5 Å². The van der Waals surface area contributed by atoms with Crippen molar-refractivity contribution < 1.29 is 0 Å². The number of nitrogens with two attached hydrogens (primary N) is 1. The molecule has 3 N–H and O–H groups in total. The number of hydrogen-bond acceptors (Lipinski definition) is 5. The molecule has 0 saturated carbocycles. The van der Waals surface area contributed by atoms with Crippen LogP contribution >= 0.6 is 34.8 Å². The van der Waals surface area contributed by atoms with Crippen LogP contribution in [0.25, 0.3) is 33.4 Å². The van der Waals surface area contributed by atoms with Gasteiger partial charge in [0, 0.05) is 26.6 Å². The fourth-order valence-electron chi connectivity index (χ4n) is 2.77. The number of H-pyrrole nitrogens is 1. The van der Waals surface area contributed by atoms with Crippen molar-refractivity contribution >= 4 is 51.5 Å². The average molecular weight is 416 g/mol. The van der Waals surface area contributed by atoms with Crippen LogP contribution in [0.5, 0.6) is 0 Å². The van der Waals surface area contributed by atoms with Gasteiger partial charge in [0.05, 0.1) is 28.1 Å². The number of nitriles is 1. The van der Waals surface area contributed by atoms with Gasteiger partial charge in [-0.1, -0.05) is 34.8 Å². The van der Waals surface area contributed by atoms with Crippen LogP contribution < -0.4 is 5.73 Å². The zero-order valence-corrected chi connectivity index (χ0v) is 15.7. The molecule has 0 bridgehead atoms. The molecule has 6 nitrogen and oxygen atoms in total. The summed E-state index contributed by atoms with van der Waals surface area (Å²) >= 11 is 18.6. The zero-order valence-electron chi connectivity index (χ0n) is 13.5. The molecule has 0 fully saturated rings. The number of nitrogen functional groups attached to an aromatic ring is 1. The molecule has 0 aliphatic rings. The van der Waals surface area contributed by atoms with Crippen molar-refractivity contribution in [1.29, 1.82) is 5.26 Å². The highest BCUT2D eigenvalue weighted by Crippen LogP contribution is 2.36. The van der Waals surface area contributed by atoms with Crippen LogP contribution in [0.2, 0.25) is 15.1 Å². The van der Waals surface area contributed by atoms with E-state index in [2.05, 4.69) is 20.2 Å². The minimum absolute atomic E-state index is 0.0165. The number of nitrogens with one attached hydrogen (secondary N) is 1. The summed E-state index contributed by atoms with van der Waals surface area (Å²) in [5.74, 6) is 0.0165. The van der Waals surface area contributed by atoms with Crippen LogP contribution in [0.3, 0.4) is 0 Å². The molecular formula is C18H9Cl3N6. The highest BCUT2D eigenvalue weighted by Gasteiger charge is 2.18. The van der Waals surface area contributed by atoms with Gasteiger partial charge in [0.2, 0.25) is 0 Å². The standard InChI is InChI=1S/C18H9Cl3N6/c19-11-2-9(3-12(20)5-11)17-16(25-14(6-22)18(23)26-17)8-1-10-7-24-27-15(10)13(21)4-8/h1-5,7H,(H2,23,26)(H,24,27). The second-order valence-corrected chi connectivity index (χ2v) is 7.00. The van der Waals surface area contributed by atoms with Crippen LogP contribution in [-0.2, 0) is 0 Å². The molecule has 4 rings (SSSR count). The SMILES string of the molecule is N#Cc1nc(-c2cc(Cl)c3[nH]ncc3c2)c(-c2cc(Cl)cc(Cl)c2)nc1N. The van der Waals surface area contributed by atoms with Crippen molar-refractivity contribution in [3.8, 4) is 28.6 Å². The lowest BCUT2D eigenvalue weighted by Crippen LogP contribution is -2.03. The van der Waals surface area contributed by atoms with Crippen molar-refractivity contribution in [2.24, 2.45) is 0 Å². The lowest BCUT2D eigenvalue weighted by atomic mass is 10.0. The quantitative estimate of drug-likeness (QED) is 0.474. The Labute approximate surface area is 168 Å². The second kappa shape index (κ2) is 6.71. The number of hydrogen-bond donors (Lipinski definition) is 2. The minimum atomic E-state index is 0.0165. The maximum Gasteiger partial charge on any atom is 0.183 e. The molecule has 9 heteroatoms. The summed E-state index contributed by atoms with van der Waals surface area (Å²) in [5, 5.41) is 18.3. The van der Waals surface area contributed by atoms with Gasteiger partial charge in [-0.05, 0) is 30.3 Å². The Balaban J connectivity index is 2.04. The topological polar surface area (TPSA) is 104 Å². The predicted molar refractivity (Wildman–Crippen MR) is 107 cm³/mol.